The first kappa shape index (κ1) is 13.7. The third kappa shape index (κ3) is 4.59. The number of nitrogens with zero attached hydrogens (tertiary/aromatic N) is 3. The van der Waals surface area contributed by atoms with Gasteiger partial charge >= 0.3 is 0 Å². The largest absolute Gasteiger partial charge is 0.357 e. The van der Waals surface area contributed by atoms with Crippen molar-refractivity contribution in [2.45, 2.75) is 40.0 Å². The van der Waals surface area contributed by atoms with Crippen molar-refractivity contribution in [1.29, 1.82) is 0 Å². The third-order valence-electron chi connectivity index (χ3n) is 2.66. The molecule has 1 N–H and O–H groups in total. The first-order valence-corrected chi connectivity index (χ1v) is 6.63. The third-order valence-corrected chi connectivity index (χ3v) is 2.66. The molecule has 0 radical (unpaired) electrons. The molecule has 0 atom stereocenters. The monoisotopic (exact) mass is 236 g/mol. The summed E-state index contributed by atoms with van der Waals surface area (Å²) in [6.07, 6.45) is 5.33. The minimum atomic E-state index is 0.735. The molecule has 0 fully saturated rings. The Labute approximate surface area is 104 Å². The van der Waals surface area contributed by atoms with Crippen LogP contribution in [0.15, 0.2) is 12.3 Å². The van der Waals surface area contributed by atoms with Gasteiger partial charge < -0.3 is 10.2 Å². The summed E-state index contributed by atoms with van der Waals surface area (Å²) in [6, 6.07) is 1.98. The van der Waals surface area contributed by atoms with Gasteiger partial charge in [0, 0.05) is 25.8 Å². The van der Waals surface area contributed by atoms with E-state index in [4.69, 9.17) is 0 Å². The molecule has 0 bridgehead atoms. The normalized spacial score (nSPS) is 10.3. The maximum Gasteiger partial charge on any atom is 0.224 e. The highest BCUT2D eigenvalue weighted by molar-refractivity contribution is 5.42. The van der Waals surface area contributed by atoms with Gasteiger partial charge in [-0.3, -0.25) is 0 Å². The van der Waals surface area contributed by atoms with Gasteiger partial charge in [0.2, 0.25) is 5.95 Å². The standard InChI is InChI=1S/C13H24N4/c1-4-7-11-17(6-3)12-8-10-15-13(16-12)14-9-5-2/h8,10H,4-7,9,11H2,1-3H3,(H,14,15,16). The van der Waals surface area contributed by atoms with Gasteiger partial charge in [0.25, 0.3) is 0 Å². The van der Waals surface area contributed by atoms with E-state index in [9.17, 15) is 0 Å². The number of aromatic nitrogens is 2. The van der Waals surface area contributed by atoms with Crippen LogP contribution in [0.1, 0.15) is 40.0 Å². The number of hydrogen-bond acceptors (Lipinski definition) is 4. The summed E-state index contributed by atoms with van der Waals surface area (Å²) in [5.41, 5.74) is 0. The van der Waals surface area contributed by atoms with Crippen LogP contribution >= 0.6 is 0 Å². The van der Waals surface area contributed by atoms with E-state index in [-0.39, 0.29) is 0 Å². The summed E-state index contributed by atoms with van der Waals surface area (Å²) in [4.78, 5) is 11.1. The van der Waals surface area contributed by atoms with E-state index >= 15 is 0 Å². The molecule has 4 heteroatoms. The summed E-state index contributed by atoms with van der Waals surface area (Å²) >= 11 is 0. The summed E-state index contributed by atoms with van der Waals surface area (Å²) < 4.78 is 0. The van der Waals surface area contributed by atoms with Gasteiger partial charge in [0.15, 0.2) is 0 Å². The number of anilines is 2. The van der Waals surface area contributed by atoms with E-state index in [1.54, 1.807) is 0 Å². The molecule has 96 valence electrons. The molecule has 17 heavy (non-hydrogen) atoms. The molecule has 1 heterocycles. The molecule has 0 aliphatic rings. The van der Waals surface area contributed by atoms with Crippen LogP contribution in [0, 0.1) is 0 Å². The predicted molar refractivity (Wildman–Crippen MR) is 73.6 cm³/mol. The van der Waals surface area contributed by atoms with Crippen LogP contribution in [-0.2, 0) is 0 Å². The topological polar surface area (TPSA) is 41.1 Å². The number of nitrogens with one attached hydrogen (secondary N) is 1. The molecule has 0 aliphatic carbocycles. The van der Waals surface area contributed by atoms with Crippen LogP contribution < -0.4 is 10.2 Å². The van der Waals surface area contributed by atoms with E-state index in [1.807, 2.05) is 12.3 Å². The summed E-state index contributed by atoms with van der Waals surface area (Å²) in [6.45, 7) is 9.49. The lowest BCUT2D eigenvalue weighted by Gasteiger charge is -2.21. The second-order valence-electron chi connectivity index (χ2n) is 4.10. The van der Waals surface area contributed by atoms with Crippen molar-refractivity contribution >= 4 is 11.8 Å². The van der Waals surface area contributed by atoms with Crippen LogP contribution in [0.25, 0.3) is 0 Å². The van der Waals surface area contributed by atoms with Crippen LogP contribution in [0.3, 0.4) is 0 Å². The molecule has 0 spiro atoms. The van der Waals surface area contributed by atoms with E-state index in [1.165, 1.54) is 12.8 Å². The van der Waals surface area contributed by atoms with Crippen molar-refractivity contribution in [3.63, 3.8) is 0 Å². The lowest BCUT2D eigenvalue weighted by Crippen LogP contribution is -2.25. The van der Waals surface area contributed by atoms with Gasteiger partial charge in [-0.1, -0.05) is 20.3 Å². The minimum absolute atomic E-state index is 0.735. The zero-order chi connectivity index (χ0) is 12.5. The zero-order valence-corrected chi connectivity index (χ0v) is 11.2. The average molecular weight is 236 g/mol. The van der Waals surface area contributed by atoms with E-state index in [0.29, 0.717) is 0 Å². The molecule has 0 saturated carbocycles. The van der Waals surface area contributed by atoms with Crippen LogP contribution in [0.4, 0.5) is 11.8 Å². The number of rotatable bonds is 8. The Hall–Kier alpha value is -1.32. The van der Waals surface area contributed by atoms with E-state index in [0.717, 1.165) is 37.8 Å². The molecule has 0 unspecified atom stereocenters. The fourth-order valence-electron chi connectivity index (χ4n) is 1.63. The lowest BCUT2D eigenvalue weighted by molar-refractivity contribution is 0.723. The fourth-order valence-corrected chi connectivity index (χ4v) is 1.63. The molecule has 4 nitrogen and oxygen atoms in total. The Balaban J connectivity index is 2.66. The first-order valence-electron chi connectivity index (χ1n) is 6.63. The highest BCUT2D eigenvalue weighted by Crippen LogP contribution is 2.12. The van der Waals surface area contributed by atoms with Gasteiger partial charge in [0.1, 0.15) is 5.82 Å². The molecule has 0 amide bonds. The Morgan fingerprint density at radius 3 is 2.71 bits per heavy atom. The molecule has 1 rings (SSSR count). The summed E-state index contributed by atoms with van der Waals surface area (Å²) in [7, 11) is 0. The molecule has 0 aliphatic heterocycles. The molecular formula is C13H24N4. The van der Waals surface area contributed by atoms with Crippen LogP contribution in [0.5, 0.6) is 0 Å². The Morgan fingerprint density at radius 1 is 1.24 bits per heavy atom. The van der Waals surface area contributed by atoms with Crippen molar-refractivity contribution in [1.82, 2.24) is 9.97 Å². The van der Waals surface area contributed by atoms with Crippen LogP contribution in [0.2, 0.25) is 0 Å². The zero-order valence-electron chi connectivity index (χ0n) is 11.2. The minimum Gasteiger partial charge on any atom is -0.357 e. The second kappa shape index (κ2) is 7.87. The molecule has 0 saturated heterocycles. The Morgan fingerprint density at radius 2 is 2.06 bits per heavy atom. The smallest absolute Gasteiger partial charge is 0.224 e. The van der Waals surface area contributed by atoms with Crippen molar-refractivity contribution in [3.8, 4) is 0 Å². The SMILES string of the molecule is CCCCN(CC)c1ccnc(NCCC)n1. The number of hydrogen-bond donors (Lipinski definition) is 1. The van der Waals surface area contributed by atoms with E-state index in [2.05, 4.69) is 41.0 Å². The predicted octanol–water partition coefficient (Wildman–Crippen LogP) is 2.92. The van der Waals surface area contributed by atoms with Gasteiger partial charge in [-0.2, -0.15) is 4.98 Å². The summed E-state index contributed by atoms with van der Waals surface area (Å²) in [5, 5.41) is 3.22. The maximum atomic E-state index is 4.54. The van der Waals surface area contributed by atoms with Gasteiger partial charge in [-0.25, -0.2) is 4.98 Å². The second-order valence-corrected chi connectivity index (χ2v) is 4.10. The van der Waals surface area contributed by atoms with Crippen molar-refractivity contribution in [3.05, 3.63) is 12.3 Å². The highest BCUT2D eigenvalue weighted by Gasteiger charge is 2.06. The van der Waals surface area contributed by atoms with Crippen LogP contribution in [-0.4, -0.2) is 29.6 Å². The lowest BCUT2D eigenvalue weighted by atomic mass is 10.3. The fraction of sp³-hybridized carbons (Fsp3) is 0.692. The molecule has 0 aromatic carbocycles. The Kier molecular flexibility index (Phi) is 6.37. The molecule has 1 aromatic heterocycles. The Bertz CT molecular complexity index is 314. The quantitative estimate of drug-likeness (QED) is 0.753. The summed E-state index contributed by atoms with van der Waals surface area (Å²) in [5.74, 6) is 1.76. The first-order chi connectivity index (χ1) is 8.31. The molecular weight excluding hydrogens is 212 g/mol. The van der Waals surface area contributed by atoms with Gasteiger partial charge in [-0.15, -0.1) is 0 Å². The van der Waals surface area contributed by atoms with Crippen molar-refractivity contribution < 1.29 is 0 Å². The van der Waals surface area contributed by atoms with Crippen molar-refractivity contribution in [2.75, 3.05) is 29.9 Å². The van der Waals surface area contributed by atoms with Gasteiger partial charge in [-0.05, 0) is 25.8 Å². The highest BCUT2D eigenvalue weighted by atomic mass is 15.2. The number of unbranched alkanes of at least 4 members (excludes halogenated alkanes) is 1. The van der Waals surface area contributed by atoms with Crippen molar-refractivity contribution in [2.24, 2.45) is 0 Å². The molecule has 1 aromatic rings. The average Bonchev–Trinajstić information content (AvgIpc) is 2.38. The maximum absolute atomic E-state index is 4.54. The van der Waals surface area contributed by atoms with Gasteiger partial charge in [0.05, 0.1) is 0 Å². The van der Waals surface area contributed by atoms with E-state index < -0.39 is 0 Å².